The number of ether oxygens (including phenoxy) is 1. The van der Waals surface area contributed by atoms with Gasteiger partial charge in [0.25, 0.3) is 11.8 Å². The van der Waals surface area contributed by atoms with Crippen molar-refractivity contribution in [2.24, 2.45) is 0 Å². The van der Waals surface area contributed by atoms with Crippen molar-refractivity contribution in [1.29, 1.82) is 0 Å². The van der Waals surface area contributed by atoms with E-state index in [0.29, 0.717) is 0 Å². The van der Waals surface area contributed by atoms with Gasteiger partial charge in [-0.05, 0) is 42.6 Å². The summed E-state index contributed by atoms with van der Waals surface area (Å²) in [6, 6.07) is 13.1. The largest absolute Gasteiger partial charge is 0.459 e. The zero-order valence-corrected chi connectivity index (χ0v) is 15.8. The number of anilines is 1. The zero-order chi connectivity index (χ0) is 19.9. The van der Waals surface area contributed by atoms with Gasteiger partial charge in [-0.1, -0.05) is 18.2 Å². The smallest absolute Gasteiger partial charge is 0.340 e. The van der Waals surface area contributed by atoms with Gasteiger partial charge in [-0.15, -0.1) is 11.3 Å². The molecule has 1 unspecified atom stereocenters. The van der Waals surface area contributed by atoms with E-state index >= 15 is 0 Å². The Hall–Kier alpha value is -3.39. The molecule has 28 heavy (non-hydrogen) atoms. The van der Waals surface area contributed by atoms with Crippen LogP contribution >= 0.6 is 11.3 Å². The first-order chi connectivity index (χ1) is 13.5. The number of thiophene rings is 1. The molecule has 3 rings (SSSR count). The van der Waals surface area contributed by atoms with Crippen LogP contribution in [0.2, 0.25) is 0 Å². The molecule has 2 heterocycles. The van der Waals surface area contributed by atoms with Gasteiger partial charge in [0, 0.05) is 4.88 Å². The normalized spacial score (nSPS) is 11.5. The summed E-state index contributed by atoms with van der Waals surface area (Å²) in [5.41, 5.74) is 0.405. The molecule has 0 aliphatic rings. The lowest BCUT2D eigenvalue weighted by molar-refractivity contribution is -0.124. The van der Waals surface area contributed by atoms with Gasteiger partial charge in [-0.3, -0.25) is 9.59 Å². The second kappa shape index (κ2) is 9.01. The Labute approximate surface area is 165 Å². The van der Waals surface area contributed by atoms with Gasteiger partial charge >= 0.3 is 5.97 Å². The van der Waals surface area contributed by atoms with E-state index in [1.165, 1.54) is 29.7 Å². The van der Waals surface area contributed by atoms with Gasteiger partial charge in [-0.2, -0.15) is 0 Å². The summed E-state index contributed by atoms with van der Waals surface area (Å²) in [6.45, 7) is 1.43. The van der Waals surface area contributed by atoms with Gasteiger partial charge in [0.1, 0.15) is 0 Å². The van der Waals surface area contributed by atoms with Crippen LogP contribution in [0.25, 0.3) is 0 Å². The van der Waals surface area contributed by atoms with Crippen LogP contribution in [0.5, 0.6) is 0 Å². The minimum atomic E-state index is -0.714. The molecule has 0 radical (unpaired) electrons. The second-order valence-corrected chi connectivity index (χ2v) is 6.84. The Balaban J connectivity index is 1.58. The van der Waals surface area contributed by atoms with Crippen molar-refractivity contribution in [2.75, 3.05) is 11.9 Å². The van der Waals surface area contributed by atoms with Crippen molar-refractivity contribution in [3.63, 3.8) is 0 Å². The van der Waals surface area contributed by atoms with Crippen molar-refractivity contribution < 1.29 is 23.5 Å². The summed E-state index contributed by atoms with van der Waals surface area (Å²) in [7, 11) is 0. The average Bonchev–Trinajstić information content (AvgIpc) is 3.40. The maximum absolute atomic E-state index is 12.4. The molecule has 8 heteroatoms. The molecule has 7 nitrogen and oxygen atoms in total. The van der Waals surface area contributed by atoms with Crippen LogP contribution in [-0.2, 0) is 9.53 Å². The first-order valence-corrected chi connectivity index (χ1v) is 9.36. The Bertz CT molecular complexity index is 951. The van der Waals surface area contributed by atoms with Crippen LogP contribution < -0.4 is 10.6 Å². The minimum Gasteiger partial charge on any atom is -0.459 e. The number of carbonyl (C=O) groups excluding carboxylic acids is 3. The fourth-order valence-corrected chi connectivity index (χ4v) is 3.20. The highest BCUT2D eigenvalue weighted by Gasteiger charge is 2.18. The van der Waals surface area contributed by atoms with Crippen molar-refractivity contribution >= 4 is 34.8 Å². The molecule has 0 bridgehead atoms. The zero-order valence-electron chi connectivity index (χ0n) is 15.0. The molecule has 0 saturated heterocycles. The summed E-state index contributed by atoms with van der Waals surface area (Å²) < 4.78 is 10.1. The maximum atomic E-state index is 12.4. The molecule has 144 valence electrons. The quantitative estimate of drug-likeness (QED) is 0.592. The van der Waals surface area contributed by atoms with E-state index in [1.54, 1.807) is 24.3 Å². The number of furan rings is 1. The van der Waals surface area contributed by atoms with Crippen molar-refractivity contribution in [3.05, 3.63) is 76.4 Å². The summed E-state index contributed by atoms with van der Waals surface area (Å²) >= 11 is 1.53. The van der Waals surface area contributed by atoms with Gasteiger partial charge in [0.05, 0.1) is 23.6 Å². The van der Waals surface area contributed by atoms with E-state index in [0.717, 1.165) is 4.88 Å². The number of hydrogen-bond donors (Lipinski definition) is 2. The average molecular weight is 398 g/mol. The van der Waals surface area contributed by atoms with Crippen molar-refractivity contribution in [2.45, 2.75) is 13.0 Å². The third-order valence-corrected chi connectivity index (χ3v) is 4.88. The number of rotatable bonds is 7. The third kappa shape index (κ3) is 4.86. The third-order valence-electron chi connectivity index (χ3n) is 3.82. The van der Waals surface area contributed by atoms with Crippen LogP contribution in [0.4, 0.5) is 5.69 Å². The number of para-hydroxylation sites is 1. The number of carbonyl (C=O) groups is 3. The number of amides is 2. The monoisotopic (exact) mass is 398 g/mol. The molecule has 0 spiro atoms. The van der Waals surface area contributed by atoms with Gasteiger partial charge in [0.2, 0.25) is 0 Å². The number of benzene rings is 1. The van der Waals surface area contributed by atoms with Gasteiger partial charge < -0.3 is 19.8 Å². The topological polar surface area (TPSA) is 97.6 Å². The Kier molecular flexibility index (Phi) is 6.23. The molecule has 0 aliphatic heterocycles. The number of hydrogen-bond acceptors (Lipinski definition) is 6. The predicted octanol–water partition coefficient (Wildman–Crippen LogP) is 3.63. The molecule has 1 atom stereocenters. The first kappa shape index (κ1) is 19.4. The summed E-state index contributed by atoms with van der Waals surface area (Å²) in [4.78, 5) is 37.5. The Morgan fingerprint density at radius 3 is 2.64 bits per heavy atom. The molecule has 0 aliphatic carbocycles. The van der Waals surface area contributed by atoms with E-state index in [4.69, 9.17) is 9.15 Å². The maximum Gasteiger partial charge on any atom is 0.340 e. The SMILES string of the molecule is CC(NC(=O)COC(=O)c1ccccc1NC(=O)c1ccco1)c1cccs1. The molecule has 2 amide bonds. The Morgan fingerprint density at radius 1 is 1.11 bits per heavy atom. The van der Waals surface area contributed by atoms with E-state index < -0.39 is 24.4 Å². The molecular weight excluding hydrogens is 380 g/mol. The van der Waals surface area contributed by atoms with E-state index in [2.05, 4.69) is 10.6 Å². The molecule has 2 aromatic heterocycles. The first-order valence-electron chi connectivity index (χ1n) is 8.48. The highest BCUT2D eigenvalue weighted by Crippen LogP contribution is 2.19. The molecule has 2 N–H and O–H groups in total. The molecule has 0 saturated carbocycles. The number of nitrogens with one attached hydrogen (secondary N) is 2. The highest BCUT2D eigenvalue weighted by atomic mass is 32.1. The Morgan fingerprint density at radius 2 is 1.93 bits per heavy atom. The summed E-state index contributed by atoms with van der Waals surface area (Å²) in [6.07, 6.45) is 1.38. The van der Waals surface area contributed by atoms with Gasteiger partial charge in [0.15, 0.2) is 12.4 Å². The standard InChI is InChI=1S/C20H18N2O5S/c1-13(17-9-5-11-28-17)21-18(23)12-27-20(25)14-6-2-3-7-15(14)22-19(24)16-8-4-10-26-16/h2-11,13H,12H2,1H3,(H,21,23)(H,22,24). The lowest BCUT2D eigenvalue weighted by Gasteiger charge is -2.13. The fourth-order valence-electron chi connectivity index (χ4n) is 2.46. The number of esters is 1. The fraction of sp³-hybridized carbons (Fsp3) is 0.150. The van der Waals surface area contributed by atoms with Gasteiger partial charge in [-0.25, -0.2) is 4.79 Å². The van der Waals surface area contributed by atoms with Crippen LogP contribution in [-0.4, -0.2) is 24.4 Å². The van der Waals surface area contributed by atoms with E-state index in [9.17, 15) is 14.4 Å². The van der Waals surface area contributed by atoms with Crippen molar-refractivity contribution in [1.82, 2.24) is 5.32 Å². The lowest BCUT2D eigenvalue weighted by atomic mass is 10.1. The lowest BCUT2D eigenvalue weighted by Crippen LogP contribution is -2.30. The van der Waals surface area contributed by atoms with E-state index in [1.807, 2.05) is 24.4 Å². The predicted molar refractivity (Wildman–Crippen MR) is 104 cm³/mol. The molecule has 3 aromatic rings. The van der Waals surface area contributed by atoms with Crippen LogP contribution in [0.3, 0.4) is 0 Å². The highest BCUT2D eigenvalue weighted by molar-refractivity contribution is 7.10. The molecule has 1 aromatic carbocycles. The van der Waals surface area contributed by atoms with E-state index in [-0.39, 0.29) is 23.1 Å². The van der Waals surface area contributed by atoms with Crippen LogP contribution in [0.15, 0.2) is 64.6 Å². The molecular formula is C20H18N2O5S. The summed E-state index contributed by atoms with van der Waals surface area (Å²) in [5.74, 6) is -1.50. The van der Waals surface area contributed by atoms with Crippen molar-refractivity contribution in [3.8, 4) is 0 Å². The summed E-state index contributed by atoms with van der Waals surface area (Å²) in [5, 5.41) is 7.29. The van der Waals surface area contributed by atoms with Crippen LogP contribution in [0, 0.1) is 0 Å². The van der Waals surface area contributed by atoms with Crippen LogP contribution in [0.1, 0.15) is 38.8 Å². The second-order valence-electron chi connectivity index (χ2n) is 5.86. The molecule has 0 fully saturated rings. The minimum absolute atomic E-state index is 0.116.